The van der Waals surface area contributed by atoms with Crippen LogP contribution >= 0.6 is 23.5 Å². The first-order valence-corrected chi connectivity index (χ1v) is 10.8. The van der Waals surface area contributed by atoms with E-state index in [0.29, 0.717) is 23.6 Å². The molecule has 172 valence electrons. The Hall–Kier alpha value is -2.33. The number of alkyl halides is 3. The Morgan fingerprint density at radius 1 is 1.38 bits per heavy atom. The molecule has 2 N–H and O–H groups in total. The van der Waals surface area contributed by atoms with Crippen LogP contribution in [0.2, 0.25) is 5.02 Å². The van der Waals surface area contributed by atoms with E-state index in [1.165, 1.54) is 13.0 Å². The summed E-state index contributed by atoms with van der Waals surface area (Å²) in [6.07, 6.45) is -3.07. The lowest BCUT2D eigenvalue weighted by atomic mass is 10.2. The van der Waals surface area contributed by atoms with Gasteiger partial charge in [0, 0.05) is 24.0 Å². The van der Waals surface area contributed by atoms with Gasteiger partial charge in [-0.25, -0.2) is 9.71 Å². The maximum absolute atomic E-state index is 13.6. The quantitative estimate of drug-likeness (QED) is 0.255. The van der Waals surface area contributed by atoms with Gasteiger partial charge in [-0.05, 0) is 44.2 Å². The Labute approximate surface area is 190 Å². The zero-order valence-corrected chi connectivity index (χ0v) is 18.3. The van der Waals surface area contributed by atoms with E-state index in [1.54, 1.807) is 10.6 Å². The van der Waals surface area contributed by atoms with Crippen LogP contribution in [0.3, 0.4) is 0 Å². The Morgan fingerprint density at radius 2 is 2.12 bits per heavy atom. The second-order valence-electron chi connectivity index (χ2n) is 6.96. The lowest BCUT2D eigenvalue weighted by molar-refractivity contribution is -0.341. The Kier molecular flexibility index (Phi) is 7.66. The predicted molar refractivity (Wildman–Crippen MR) is 109 cm³/mol. The van der Waals surface area contributed by atoms with Gasteiger partial charge in [0.2, 0.25) is 5.95 Å². The second-order valence-corrected chi connectivity index (χ2v) is 8.18. The van der Waals surface area contributed by atoms with Crippen molar-refractivity contribution in [1.29, 1.82) is 5.26 Å². The van der Waals surface area contributed by atoms with Gasteiger partial charge in [-0.1, -0.05) is 18.0 Å². The molecule has 7 nitrogen and oxygen atoms in total. The molecular weight excluding hydrogens is 474 g/mol. The fourth-order valence-electron chi connectivity index (χ4n) is 3.35. The molecule has 0 spiro atoms. The van der Waals surface area contributed by atoms with Gasteiger partial charge in [0.25, 0.3) is 5.91 Å². The molecule has 0 saturated heterocycles. The minimum Gasteiger partial charge on any atom is -0.338 e. The van der Waals surface area contributed by atoms with E-state index in [0.717, 1.165) is 37.3 Å². The molecule has 1 atom stereocenters. The number of anilines is 1. The van der Waals surface area contributed by atoms with Crippen molar-refractivity contribution >= 4 is 35.1 Å². The molecule has 13 heteroatoms. The molecule has 0 aromatic carbocycles. The van der Waals surface area contributed by atoms with Crippen molar-refractivity contribution in [2.24, 2.45) is 0 Å². The predicted octanol–water partition coefficient (Wildman–Crippen LogP) is 5.01. The van der Waals surface area contributed by atoms with E-state index in [1.807, 2.05) is 0 Å². The number of pyridine rings is 1. The maximum atomic E-state index is 13.6. The van der Waals surface area contributed by atoms with Crippen molar-refractivity contribution in [3.8, 4) is 6.07 Å². The second kappa shape index (κ2) is 10.1. The number of carbonyl (C=O) groups is 1. The number of nitriles is 1. The third kappa shape index (κ3) is 5.92. The van der Waals surface area contributed by atoms with E-state index in [4.69, 9.17) is 16.9 Å². The van der Waals surface area contributed by atoms with Crippen LogP contribution in [0.25, 0.3) is 0 Å². The average Bonchev–Trinajstić information content (AvgIpc) is 2.81. The molecule has 0 radical (unpaired) electrons. The standard InChI is InChI=1S/C19H18ClF4N5O2S/c1-10(31-19(22,23)24)28-32-17-13-5-3-2-4-6-29(13)16(15(17)20)18(30)27-11-7-12(9-25)26-14(21)8-11/h7-8,10,28H,2-6H2,1H3,(H,26,27,30). The van der Waals surface area contributed by atoms with Gasteiger partial charge in [-0.15, -0.1) is 13.2 Å². The summed E-state index contributed by atoms with van der Waals surface area (Å²) in [5.74, 6) is -1.57. The summed E-state index contributed by atoms with van der Waals surface area (Å²) in [6.45, 7) is 1.68. The molecule has 1 amide bonds. The molecule has 1 aliphatic rings. The zero-order chi connectivity index (χ0) is 23.5. The number of aromatic nitrogens is 2. The van der Waals surface area contributed by atoms with Crippen molar-refractivity contribution < 1.29 is 27.1 Å². The minimum absolute atomic E-state index is 0.0267. The van der Waals surface area contributed by atoms with Gasteiger partial charge >= 0.3 is 6.36 Å². The molecule has 2 aromatic heterocycles. The third-order valence-corrected chi connectivity index (χ3v) is 6.15. The monoisotopic (exact) mass is 491 g/mol. The lowest BCUT2D eigenvalue weighted by Crippen LogP contribution is -2.30. The highest BCUT2D eigenvalue weighted by Crippen LogP contribution is 2.38. The number of nitrogens with zero attached hydrogens (tertiary/aromatic N) is 3. The molecule has 3 heterocycles. The van der Waals surface area contributed by atoms with Gasteiger partial charge in [-0.3, -0.25) is 9.53 Å². The number of nitrogens with one attached hydrogen (secondary N) is 2. The van der Waals surface area contributed by atoms with E-state index in [9.17, 15) is 22.4 Å². The first kappa shape index (κ1) is 24.3. The van der Waals surface area contributed by atoms with Crippen molar-refractivity contribution in [1.82, 2.24) is 14.3 Å². The van der Waals surface area contributed by atoms with Crippen LogP contribution in [0.1, 0.15) is 48.1 Å². The number of amides is 1. The number of hydrogen-bond acceptors (Lipinski definition) is 6. The van der Waals surface area contributed by atoms with E-state index < -0.39 is 24.4 Å². The van der Waals surface area contributed by atoms with Crippen LogP contribution in [0.4, 0.5) is 23.2 Å². The topological polar surface area (TPSA) is 92.0 Å². The van der Waals surface area contributed by atoms with Crippen LogP contribution in [0.15, 0.2) is 17.0 Å². The van der Waals surface area contributed by atoms with Gasteiger partial charge in [0.1, 0.15) is 23.7 Å². The summed E-state index contributed by atoms with van der Waals surface area (Å²) >= 11 is 7.35. The van der Waals surface area contributed by atoms with Crippen LogP contribution in [0, 0.1) is 17.3 Å². The average molecular weight is 492 g/mol. The fraction of sp³-hybridized carbons (Fsp3) is 0.421. The highest BCUT2D eigenvalue weighted by Gasteiger charge is 2.33. The normalized spacial score (nSPS) is 14.9. The fourth-order valence-corrected chi connectivity index (χ4v) is 4.61. The third-order valence-electron chi connectivity index (χ3n) is 4.58. The van der Waals surface area contributed by atoms with E-state index in [2.05, 4.69) is 19.8 Å². The van der Waals surface area contributed by atoms with Crippen molar-refractivity contribution in [2.45, 2.75) is 56.6 Å². The van der Waals surface area contributed by atoms with Gasteiger partial charge < -0.3 is 9.88 Å². The van der Waals surface area contributed by atoms with Gasteiger partial charge in [0.15, 0.2) is 0 Å². The minimum atomic E-state index is -4.80. The Morgan fingerprint density at radius 3 is 2.81 bits per heavy atom. The molecule has 1 unspecified atom stereocenters. The van der Waals surface area contributed by atoms with Crippen molar-refractivity contribution in [3.63, 3.8) is 0 Å². The number of halogens is 5. The summed E-state index contributed by atoms with van der Waals surface area (Å²) in [7, 11) is 0. The van der Waals surface area contributed by atoms with Gasteiger partial charge in [0.05, 0.1) is 9.92 Å². The number of ether oxygens (including phenoxy) is 1. The van der Waals surface area contributed by atoms with Crippen LogP contribution in [-0.4, -0.2) is 28.0 Å². The zero-order valence-electron chi connectivity index (χ0n) is 16.7. The first-order valence-electron chi connectivity index (χ1n) is 9.56. The lowest BCUT2D eigenvalue weighted by Gasteiger charge is -2.16. The van der Waals surface area contributed by atoms with E-state index in [-0.39, 0.29) is 22.1 Å². The summed E-state index contributed by atoms with van der Waals surface area (Å²) in [6, 6.07) is 3.88. The maximum Gasteiger partial charge on any atom is 0.524 e. The molecule has 3 rings (SSSR count). The summed E-state index contributed by atoms with van der Waals surface area (Å²) in [5, 5.41) is 11.5. The highest BCUT2D eigenvalue weighted by molar-refractivity contribution is 7.97. The smallest absolute Gasteiger partial charge is 0.338 e. The number of carbonyl (C=O) groups excluding carboxylic acids is 1. The summed E-state index contributed by atoms with van der Waals surface area (Å²) in [5.41, 5.74) is 0.638. The molecule has 0 saturated carbocycles. The SMILES string of the molecule is CC(NSc1c(Cl)c(C(=O)Nc2cc(F)nc(C#N)c2)n2c1CCCCC2)OC(F)(F)F. The largest absolute Gasteiger partial charge is 0.524 e. The van der Waals surface area contributed by atoms with E-state index >= 15 is 0 Å². The van der Waals surface area contributed by atoms with Crippen LogP contribution < -0.4 is 10.0 Å². The van der Waals surface area contributed by atoms with Crippen molar-refractivity contribution in [2.75, 3.05) is 5.32 Å². The molecule has 0 bridgehead atoms. The Balaban J connectivity index is 1.90. The molecule has 0 aliphatic carbocycles. The highest BCUT2D eigenvalue weighted by atomic mass is 35.5. The van der Waals surface area contributed by atoms with Gasteiger partial charge in [-0.2, -0.15) is 9.65 Å². The van der Waals surface area contributed by atoms with Crippen LogP contribution in [0.5, 0.6) is 0 Å². The van der Waals surface area contributed by atoms with Crippen molar-refractivity contribution in [3.05, 3.63) is 40.2 Å². The molecular formula is C19H18ClF4N5O2S. The van der Waals surface area contributed by atoms with Crippen LogP contribution in [-0.2, 0) is 17.7 Å². The molecule has 32 heavy (non-hydrogen) atoms. The number of hydrogen-bond donors (Lipinski definition) is 2. The number of fused-ring (bicyclic) bond motifs is 1. The summed E-state index contributed by atoms with van der Waals surface area (Å²) < 4.78 is 59.1. The molecule has 1 aliphatic heterocycles. The Bertz CT molecular complexity index is 1050. The summed E-state index contributed by atoms with van der Waals surface area (Å²) in [4.78, 5) is 16.8. The molecule has 0 fully saturated rings. The number of rotatable bonds is 6. The first-order chi connectivity index (χ1) is 15.1. The molecule has 2 aromatic rings.